The van der Waals surface area contributed by atoms with E-state index in [4.69, 9.17) is 14.3 Å². The quantitative estimate of drug-likeness (QED) is 0.110. The third kappa shape index (κ3) is 18.3. The highest BCUT2D eigenvalue weighted by molar-refractivity contribution is 5.98. The molecule has 2 aromatic rings. The van der Waals surface area contributed by atoms with Gasteiger partial charge in [-0.3, -0.25) is 33.6 Å². The van der Waals surface area contributed by atoms with Gasteiger partial charge in [-0.1, -0.05) is 119 Å². The fourth-order valence-corrected chi connectivity index (χ4v) is 9.53. The SMILES string of the molecule is CCCC[C@@H](C)C[C@@H]1NC(=O)[C@H](Cc2cn(OC)c3ccccc23)N(C)C(=O)[C@H](CC(C)C)NC(=O)[C@H](CC(C)C)N(C)C(=O)[C@H](C[C@H](C)CCCC)NC(=O)[C@@H](CCC(=O)OCCC)OC(=O)[C@H](C)N(C)C1=O. The zero-order valence-electron chi connectivity index (χ0n) is 47.1. The van der Waals surface area contributed by atoms with Crippen molar-refractivity contribution in [3.63, 3.8) is 0 Å². The highest BCUT2D eigenvalue weighted by Crippen LogP contribution is 2.26. The molecule has 3 rings (SSSR count). The standard InChI is InChI=1S/C56H91N7O11/c1-15-18-22-37(8)31-43-53(68)60(11)39(10)56(71)74-48(26-27-49(64)73-28-17-3)52(67)59-44(32-38(9)23-19-16-2)55(70)61(12)46(30-36(6)7)50(65)57-42(29-35(4)5)54(69)62(13)47(51(66)58-43)33-40-34-63(72-14)45-25-21-20-24-41(40)45/h20-21,24-25,34-39,42-44,46-48H,15-19,22-23,26-33H2,1-14H3,(H,57,65)(H,58,66)(H,59,67)/t37-,38-,39+,42+,43+,44+,46+,47+,48-/m1/s1. The van der Waals surface area contributed by atoms with Gasteiger partial charge in [0.05, 0.1) is 12.1 Å². The first-order valence-electron chi connectivity index (χ1n) is 27.2. The second-order valence-corrected chi connectivity index (χ2v) is 21.5. The van der Waals surface area contributed by atoms with Crippen molar-refractivity contribution in [2.45, 2.75) is 201 Å². The van der Waals surface area contributed by atoms with Crippen LogP contribution in [0.25, 0.3) is 10.9 Å². The smallest absolute Gasteiger partial charge is 0.329 e. The highest BCUT2D eigenvalue weighted by Gasteiger charge is 2.41. The molecule has 0 bridgehead atoms. The molecule has 0 saturated carbocycles. The van der Waals surface area contributed by atoms with E-state index in [1.807, 2.05) is 72.7 Å². The minimum atomic E-state index is -1.59. The summed E-state index contributed by atoms with van der Waals surface area (Å²) in [4.78, 5) is 126. The first-order chi connectivity index (χ1) is 35.0. The molecule has 3 N–H and O–H groups in total. The molecule has 1 aliphatic heterocycles. The van der Waals surface area contributed by atoms with Gasteiger partial charge in [-0.2, -0.15) is 4.73 Å². The minimum Gasteiger partial charge on any atom is -0.466 e. The highest BCUT2D eigenvalue weighted by atomic mass is 16.6. The lowest BCUT2D eigenvalue weighted by atomic mass is 9.94. The summed E-state index contributed by atoms with van der Waals surface area (Å²) in [7, 11) is 5.94. The van der Waals surface area contributed by atoms with Crippen molar-refractivity contribution in [1.82, 2.24) is 35.4 Å². The van der Waals surface area contributed by atoms with Crippen molar-refractivity contribution in [2.24, 2.45) is 23.7 Å². The predicted molar refractivity (Wildman–Crippen MR) is 285 cm³/mol. The Morgan fingerprint density at radius 2 is 1.16 bits per heavy atom. The summed E-state index contributed by atoms with van der Waals surface area (Å²) in [5, 5.41) is 9.62. The summed E-state index contributed by atoms with van der Waals surface area (Å²) >= 11 is 0. The van der Waals surface area contributed by atoms with Gasteiger partial charge in [0.25, 0.3) is 5.91 Å². The molecule has 1 fully saturated rings. The molecule has 1 aromatic heterocycles. The molecule has 0 aliphatic carbocycles. The average Bonchev–Trinajstić information content (AvgIpc) is 3.73. The number of esters is 2. The molecule has 0 unspecified atom stereocenters. The Hall–Kier alpha value is -5.68. The number of ether oxygens (including phenoxy) is 2. The van der Waals surface area contributed by atoms with E-state index in [-0.39, 0.29) is 75.2 Å². The van der Waals surface area contributed by atoms with Crippen LogP contribution in [-0.4, -0.2) is 144 Å². The van der Waals surface area contributed by atoms with E-state index in [2.05, 4.69) is 29.8 Å². The molecule has 18 nitrogen and oxygen atoms in total. The van der Waals surface area contributed by atoms with Gasteiger partial charge in [-0.05, 0) is 74.3 Å². The summed E-state index contributed by atoms with van der Waals surface area (Å²) < 4.78 is 12.8. The second-order valence-electron chi connectivity index (χ2n) is 21.5. The number of unbranched alkanes of at least 4 members (excludes halogenated alkanes) is 2. The van der Waals surface area contributed by atoms with Crippen molar-refractivity contribution < 1.29 is 52.7 Å². The van der Waals surface area contributed by atoms with Crippen LogP contribution in [0.4, 0.5) is 0 Å². The average molecular weight is 1040 g/mol. The van der Waals surface area contributed by atoms with Gasteiger partial charge in [0, 0.05) is 52.0 Å². The van der Waals surface area contributed by atoms with Crippen molar-refractivity contribution in [3.8, 4) is 0 Å². The van der Waals surface area contributed by atoms with Crippen molar-refractivity contribution in [3.05, 3.63) is 36.0 Å². The maximum absolute atomic E-state index is 15.2. The van der Waals surface area contributed by atoms with Crippen LogP contribution in [0.15, 0.2) is 30.5 Å². The largest absolute Gasteiger partial charge is 0.466 e. The fraction of sp³-hybridized carbons (Fsp3) is 0.714. The second kappa shape index (κ2) is 30.6. The number of carbonyl (C=O) groups is 8. The molecule has 0 spiro atoms. The molecule has 74 heavy (non-hydrogen) atoms. The Labute approximate surface area is 441 Å². The van der Waals surface area contributed by atoms with E-state index in [9.17, 15) is 28.8 Å². The Kier molecular flexibility index (Phi) is 25.9. The van der Waals surface area contributed by atoms with E-state index in [0.29, 0.717) is 12.0 Å². The third-order valence-corrected chi connectivity index (χ3v) is 14.1. The van der Waals surface area contributed by atoms with Gasteiger partial charge < -0.3 is 45.0 Å². The van der Waals surface area contributed by atoms with Gasteiger partial charge in [-0.25, -0.2) is 4.79 Å². The van der Waals surface area contributed by atoms with Gasteiger partial charge in [0.1, 0.15) is 43.4 Å². The molecular formula is C56H91N7O11. The van der Waals surface area contributed by atoms with Gasteiger partial charge in [0.15, 0.2) is 6.10 Å². The monoisotopic (exact) mass is 1040 g/mol. The Bertz CT molecular complexity index is 2180. The zero-order chi connectivity index (χ0) is 55.4. The van der Waals surface area contributed by atoms with E-state index < -0.39 is 89.7 Å². The molecule has 2 heterocycles. The summed E-state index contributed by atoms with van der Waals surface area (Å²) in [6, 6.07) is 0.330. The van der Waals surface area contributed by atoms with Crippen LogP contribution in [0, 0.1) is 23.7 Å². The van der Waals surface area contributed by atoms with Crippen LogP contribution in [0.3, 0.4) is 0 Å². The summed E-state index contributed by atoms with van der Waals surface area (Å²) in [5.74, 6) is -5.73. The van der Waals surface area contributed by atoms with Crippen molar-refractivity contribution in [1.29, 1.82) is 0 Å². The number of amides is 6. The number of cyclic esters (lactones) is 1. The molecule has 0 radical (unpaired) electrons. The molecule has 9 atom stereocenters. The van der Waals surface area contributed by atoms with E-state index in [0.717, 1.165) is 49.4 Å². The van der Waals surface area contributed by atoms with E-state index >= 15 is 9.59 Å². The summed E-state index contributed by atoms with van der Waals surface area (Å²) in [6.45, 7) is 19.2. The van der Waals surface area contributed by atoms with Crippen LogP contribution in [0.1, 0.15) is 158 Å². The van der Waals surface area contributed by atoms with Gasteiger partial charge in [0.2, 0.25) is 29.5 Å². The van der Waals surface area contributed by atoms with Gasteiger partial charge in [-0.15, -0.1) is 0 Å². The molecule has 416 valence electrons. The maximum atomic E-state index is 15.2. The topological polar surface area (TPSA) is 215 Å². The summed E-state index contributed by atoms with van der Waals surface area (Å²) in [5.41, 5.74) is 1.41. The number of benzene rings is 1. The minimum absolute atomic E-state index is 0.0160. The fourth-order valence-electron chi connectivity index (χ4n) is 9.53. The number of hydrogen-bond donors (Lipinski definition) is 3. The predicted octanol–water partition coefficient (Wildman–Crippen LogP) is 6.38. The Morgan fingerprint density at radius 1 is 0.662 bits per heavy atom. The third-order valence-electron chi connectivity index (χ3n) is 14.1. The zero-order valence-corrected chi connectivity index (χ0v) is 47.1. The number of carbonyl (C=O) groups excluding carboxylic acids is 8. The number of nitrogens with zero attached hydrogens (tertiary/aromatic N) is 4. The number of para-hydroxylation sites is 1. The summed E-state index contributed by atoms with van der Waals surface area (Å²) in [6.07, 6.45) is 5.92. The molecule has 1 aliphatic rings. The van der Waals surface area contributed by atoms with Gasteiger partial charge >= 0.3 is 11.9 Å². The number of rotatable bonds is 22. The molecular weight excluding hydrogens is 947 g/mol. The van der Waals surface area contributed by atoms with E-state index in [1.54, 1.807) is 10.9 Å². The van der Waals surface area contributed by atoms with Crippen LogP contribution in [-0.2, 0) is 54.3 Å². The normalized spacial score (nSPS) is 23.3. The van der Waals surface area contributed by atoms with Crippen molar-refractivity contribution in [2.75, 3.05) is 34.9 Å². The lowest BCUT2D eigenvalue weighted by Gasteiger charge is -2.35. The number of likely N-dealkylation sites (N-methyl/N-ethyl adjacent to an activating group) is 3. The molecule has 18 heteroatoms. The number of fused-ring (bicyclic) bond motifs is 1. The molecule has 1 aromatic carbocycles. The Balaban J connectivity index is 2.34. The lowest BCUT2D eigenvalue weighted by Crippen LogP contribution is -2.60. The van der Waals surface area contributed by atoms with Crippen LogP contribution < -0.4 is 20.8 Å². The lowest BCUT2D eigenvalue weighted by molar-refractivity contribution is -0.164. The molecule has 6 amide bonds. The first-order valence-corrected chi connectivity index (χ1v) is 27.2. The van der Waals surface area contributed by atoms with E-state index in [1.165, 1.54) is 49.9 Å². The maximum Gasteiger partial charge on any atom is 0.329 e. The van der Waals surface area contributed by atoms with Crippen LogP contribution >= 0.6 is 0 Å². The number of hydrogen-bond acceptors (Lipinski definition) is 11. The Morgan fingerprint density at radius 3 is 1.69 bits per heavy atom. The van der Waals surface area contributed by atoms with Crippen LogP contribution in [0.2, 0.25) is 0 Å². The number of aromatic nitrogens is 1. The molecule has 1 saturated heterocycles. The first kappa shape index (κ1) is 62.6. The van der Waals surface area contributed by atoms with Crippen molar-refractivity contribution >= 4 is 58.3 Å². The number of nitrogens with one attached hydrogen (secondary N) is 3. The van der Waals surface area contributed by atoms with Crippen LogP contribution in [0.5, 0.6) is 0 Å².